The smallest absolute Gasteiger partial charge is 0.306 e. The van der Waals surface area contributed by atoms with Crippen LogP contribution in [0, 0.1) is 0 Å². The SMILES string of the molecule is CCNC(c1cccc(C(F)(F)F)c1)c1ccc(Cl)s1. The summed E-state index contributed by atoms with van der Waals surface area (Å²) in [4.78, 5) is 0.899. The van der Waals surface area contributed by atoms with Crippen LogP contribution in [-0.2, 0) is 6.18 Å². The highest BCUT2D eigenvalue weighted by molar-refractivity contribution is 7.16. The lowest BCUT2D eigenvalue weighted by molar-refractivity contribution is -0.137. The van der Waals surface area contributed by atoms with E-state index in [4.69, 9.17) is 11.6 Å². The van der Waals surface area contributed by atoms with Crippen molar-refractivity contribution < 1.29 is 13.2 Å². The molecule has 1 atom stereocenters. The molecular weight excluding hydrogens is 307 g/mol. The van der Waals surface area contributed by atoms with Crippen molar-refractivity contribution in [3.05, 3.63) is 56.7 Å². The lowest BCUT2D eigenvalue weighted by atomic mass is 10.0. The quantitative estimate of drug-likeness (QED) is 0.824. The monoisotopic (exact) mass is 319 g/mol. The molecule has 0 aliphatic rings. The summed E-state index contributed by atoms with van der Waals surface area (Å²) in [6, 6.07) is 8.68. The first-order chi connectivity index (χ1) is 9.41. The Hall–Kier alpha value is -1.04. The first kappa shape index (κ1) is 15.4. The molecule has 0 radical (unpaired) electrons. The van der Waals surface area contributed by atoms with Crippen LogP contribution >= 0.6 is 22.9 Å². The highest BCUT2D eigenvalue weighted by atomic mass is 35.5. The Bertz CT molecular complexity index is 580. The maximum absolute atomic E-state index is 12.8. The van der Waals surface area contributed by atoms with E-state index in [0.29, 0.717) is 16.4 Å². The normalized spacial score (nSPS) is 13.4. The van der Waals surface area contributed by atoms with Crippen LogP contribution in [0.15, 0.2) is 36.4 Å². The van der Waals surface area contributed by atoms with Gasteiger partial charge in [0.2, 0.25) is 0 Å². The van der Waals surface area contributed by atoms with E-state index in [2.05, 4.69) is 5.32 Å². The average Bonchev–Trinajstić information content (AvgIpc) is 2.81. The van der Waals surface area contributed by atoms with Crippen molar-refractivity contribution in [2.75, 3.05) is 6.54 Å². The van der Waals surface area contributed by atoms with Gasteiger partial charge in [-0.3, -0.25) is 0 Å². The number of hydrogen-bond acceptors (Lipinski definition) is 2. The van der Waals surface area contributed by atoms with Gasteiger partial charge >= 0.3 is 6.18 Å². The summed E-state index contributed by atoms with van der Waals surface area (Å²) in [6.07, 6.45) is -4.33. The van der Waals surface area contributed by atoms with E-state index in [1.807, 2.05) is 13.0 Å². The number of nitrogens with one attached hydrogen (secondary N) is 1. The fraction of sp³-hybridized carbons (Fsp3) is 0.286. The van der Waals surface area contributed by atoms with Crippen molar-refractivity contribution in [2.45, 2.75) is 19.1 Å². The molecule has 0 saturated carbocycles. The Balaban J connectivity index is 2.39. The van der Waals surface area contributed by atoms with Crippen LogP contribution in [-0.4, -0.2) is 6.54 Å². The third-order valence-electron chi connectivity index (χ3n) is 2.83. The molecule has 0 fully saturated rings. The summed E-state index contributed by atoms with van der Waals surface area (Å²) < 4.78 is 39.0. The van der Waals surface area contributed by atoms with Gasteiger partial charge in [0, 0.05) is 4.88 Å². The summed E-state index contributed by atoms with van der Waals surface area (Å²) >= 11 is 7.27. The Morgan fingerprint density at radius 2 is 2.00 bits per heavy atom. The molecule has 2 aromatic rings. The zero-order valence-electron chi connectivity index (χ0n) is 10.7. The third kappa shape index (κ3) is 3.53. The van der Waals surface area contributed by atoms with Crippen LogP contribution in [0.1, 0.15) is 29.0 Å². The molecule has 0 spiro atoms. The molecular formula is C14H13ClF3NS. The maximum Gasteiger partial charge on any atom is 0.416 e. The van der Waals surface area contributed by atoms with Gasteiger partial charge < -0.3 is 5.32 Å². The predicted molar refractivity (Wildman–Crippen MR) is 76.3 cm³/mol. The molecule has 20 heavy (non-hydrogen) atoms. The van der Waals surface area contributed by atoms with E-state index in [-0.39, 0.29) is 6.04 Å². The average molecular weight is 320 g/mol. The lowest BCUT2D eigenvalue weighted by Gasteiger charge is -2.18. The second-order valence-corrected chi connectivity index (χ2v) is 6.00. The number of rotatable bonds is 4. The molecule has 2 rings (SSSR count). The summed E-state index contributed by atoms with van der Waals surface area (Å²) in [5, 5.41) is 3.19. The molecule has 0 amide bonds. The van der Waals surface area contributed by atoms with Crippen molar-refractivity contribution >= 4 is 22.9 Å². The molecule has 0 aliphatic heterocycles. The van der Waals surface area contributed by atoms with Gasteiger partial charge in [0.15, 0.2) is 0 Å². The summed E-state index contributed by atoms with van der Waals surface area (Å²) in [7, 11) is 0. The Morgan fingerprint density at radius 1 is 1.25 bits per heavy atom. The van der Waals surface area contributed by atoms with Crippen molar-refractivity contribution in [3.8, 4) is 0 Å². The molecule has 1 unspecified atom stereocenters. The first-order valence-corrected chi connectivity index (χ1v) is 7.27. The standard InChI is InChI=1S/C14H13ClF3NS/c1-2-19-13(11-6-7-12(15)20-11)9-4-3-5-10(8-9)14(16,17)18/h3-8,13,19H,2H2,1H3. The minimum absolute atomic E-state index is 0.278. The van der Waals surface area contributed by atoms with Gasteiger partial charge in [-0.05, 0) is 36.4 Å². The van der Waals surface area contributed by atoms with Crippen LogP contribution in [0.3, 0.4) is 0 Å². The van der Waals surface area contributed by atoms with E-state index in [1.54, 1.807) is 12.1 Å². The van der Waals surface area contributed by atoms with E-state index < -0.39 is 11.7 Å². The summed E-state index contributed by atoms with van der Waals surface area (Å²) in [5.74, 6) is 0. The molecule has 108 valence electrons. The minimum Gasteiger partial charge on any atom is -0.306 e. The van der Waals surface area contributed by atoms with Gasteiger partial charge in [-0.2, -0.15) is 13.2 Å². The van der Waals surface area contributed by atoms with Gasteiger partial charge in [-0.25, -0.2) is 0 Å². The maximum atomic E-state index is 12.8. The number of halogens is 4. The molecule has 1 aromatic carbocycles. The van der Waals surface area contributed by atoms with E-state index >= 15 is 0 Å². The van der Waals surface area contributed by atoms with Crippen LogP contribution < -0.4 is 5.32 Å². The fourth-order valence-electron chi connectivity index (χ4n) is 1.96. The number of benzene rings is 1. The van der Waals surface area contributed by atoms with E-state index in [1.165, 1.54) is 23.5 Å². The zero-order valence-corrected chi connectivity index (χ0v) is 12.2. The molecule has 0 aliphatic carbocycles. The van der Waals surface area contributed by atoms with Crippen LogP contribution in [0.2, 0.25) is 4.34 Å². The van der Waals surface area contributed by atoms with Crippen LogP contribution in [0.4, 0.5) is 13.2 Å². The molecule has 1 nitrogen and oxygen atoms in total. The predicted octanol–water partition coefficient (Wildman–Crippen LogP) is 5.12. The molecule has 6 heteroatoms. The zero-order chi connectivity index (χ0) is 14.8. The first-order valence-electron chi connectivity index (χ1n) is 6.07. The fourth-order valence-corrected chi connectivity index (χ4v) is 3.13. The summed E-state index contributed by atoms with van der Waals surface area (Å²) in [5.41, 5.74) is -0.0549. The van der Waals surface area contributed by atoms with Gasteiger partial charge in [-0.15, -0.1) is 11.3 Å². The molecule has 0 saturated heterocycles. The highest BCUT2D eigenvalue weighted by Crippen LogP contribution is 2.34. The van der Waals surface area contributed by atoms with Crippen molar-refractivity contribution in [1.29, 1.82) is 0 Å². The summed E-state index contributed by atoms with van der Waals surface area (Å²) in [6.45, 7) is 2.56. The Morgan fingerprint density at radius 3 is 2.55 bits per heavy atom. The lowest BCUT2D eigenvalue weighted by Crippen LogP contribution is -2.21. The van der Waals surface area contributed by atoms with E-state index in [9.17, 15) is 13.2 Å². The van der Waals surface area contributed by atoms with E-state index in [0.717, 1.165) is 10.9 Å². The van der Waals surface area contributed by atoms with Crippen molar-refractivity contribution in [3.63, 3.8) is 0 Å². The van der Waals surface area contributed by atoms with Gasteiger partial charge in [0.05, 0.1) is 15.9 Å². The molecule has 0 bridgehead atoms. The van der Waals surface area contributed by atoms with Crippen LogP contribution in [0.25, 0.3) is 0 Å². The largest absolute Gasteiger partial charge is 0.416 e. The number of alkyl halides is 3. The van der Waals surface area contributed by atoms with Gasteiger partial charge in [0.25, 0.3) is 0 Å². The Kier molecular flexibility index (Phi) is 4.73. The number of thiophene rings is 1. The third-order valence-corrected chi connectivity index (χ3v) is 4.13. The molecule has 1 N–H and O–H groups in total. The molecule has 1 aromatic heterocycles. The number of hydrogen-bond donors (Lipinski definition) is 1. The molecule has 1 heterocycles. The van der Waals surface area contributed by atoms with Crippen LogP contribution in [0.5, 0.6) is 0 Å². The van der Waals surface area contributed by atoms with Gasteiger partial charge in [-0.1, -0.05) is 30.7 Å². The van der Waals surface area contributed by atoms with Crippen molar-refractivity contribution in [2.24, 2.45) is 0 Å². The van der Waals surface area contributed by atoms with Gasteiger partial charge in [0.1, 0.15) is 0 Å². The second kappa shape index (κ2) is 6.16. The topological polar surface area (TPSA) is 12.0 Å². The highest BCUT2D eigenvalue weighted by Gasteiger charge is 2.31. The second-order valence-electron chi connectivity index (χ2n) is 4.26. The minimum atomic E-state index is -4.33. The Labute approximate surface area is 124 Å². The van der Waals surface area contributed by atoms with Crippen molar-refractivity contribution in [1.82, 2.24) is 5.32 Å².